The monoisotopic (exact) mass is 340 g/mol. The SMILES string of the molecule is CNC(=O)[C@@H](C)NCc1cc(Cl)ccc1Br.Cl. The van der Waals surface area contributed by atoms with E-state index in [1.807, 2.05) is 25.1 Å². The van der Waals surface area contributed by atoms with Crippen molar-refractivity contribution in [3.8, 4) is 0 Å². The van der Waals surface area contributed by atoms with Crippen molar-refractivity contribution >= 4 is 45.8 Å². The van der Waals surface area contributed by atoms with Gasteiger partial charge in [-0.3, -0.25) is 4.79 Å². The van der Waals surface area contributed by atoms with Gasteiger partial charge in [0.1, 0.15) is 0 Å². The first-order valence-electron chi connectivity index (χ1n) is 4.93. The molecule has 1 rings (SSSR count). The maximum Gasteiger partial charge on any atom is 0.236 e. The number of benzene rings is 1. The number of hydrogen-bond donors (Lipinski definition) is 2. The third-order valence-corrected chi connectivity index (χ3v) is 3.25. The van der Waals surface area contributed by atoms with E-state index in [0.29, 0.717) is 11.6 Å². The van der Waals surface area contributed by atoms with Crippen LogP contribution in [0.5, 0.6) is 0 Å². The summed E-state index contributed by atoms with van der Waals surface area (Å²) in [5.74, 6) is -0.0295. The number of carbonyl (C=O) groups is 1. The number of nitrogens with one attached hydrogen (secondary N) is 2. The van der Waals surface area contributed by atoms with Crippen LogP contribution in [-0.2, 0) is 11.3 Å². The van der Waals surface area contributed by atoms with Gasteiger partial charge < -0.3 is 10.6 Å². The smallest absolute Gasteiger partial charge is 0.236 e. The van der Waals surface area contributed by atoms with Gasteiger partial charge >= 0.3 is 0 Å². The predicted molar refractivity (Wildman–Crippen MR) is 76.8 cm³/mol. The zero-order valence-electron chi connectivity index (χ0n) is 9.59. The van der Waals surface area contributed by atoms with E-state index in [4.69, 9.17) is 11.6 Å². The Labute approximate surface area is 121 Å². The highest BCUT2D eigenvalue weighted by atomic mass is 79.9. The topological polar surface area (TPSA) is 41.1 Å². The van der Waals surface area contributed by atoms with E-state index < -0.39 is 0 Å². The summed E-state index contributed by atoms with van der Waals surface area (Å²) in [5, 5.41) is 6.39. The molecule has 0 fully saturated rings. The molecule has 0 aromatic heterocycles. The molecule has 6 heteroatoms. The summed E-state index contributed by atoms with van der Waals surface area (Å²) in [4.78, 5) is 11.3. The molecular formula is C11H15BrCl2N2O. The quantitative estimate of drug-likeness (QED) is 0.884. The van der Waals surface area contributed by atoms with Crippen LogP contribution in [0, 0.1) is 0 Å². The zero-order valence-corrected chi connectivity index (χ0v) is 12.7. The Bertz CT molecular complexity index is 388. The van der Waals surface area contributed by atoms with Gasteiger partial charge in [0.15, 0.2) is 0 Å². The highest BCUT2D eigenvalue weighted by Crippen LogP contribution is 2.20. The minimum Gasteiger partial charge on any atom is -0.358 e. The summed E-state index contributed by atoms with van der Waals surface area (Å²) in [7, 11) is 1.62. The van der Waals surface area contributed by atoms with Crippen molar-refractivity contribution in [2.75, 3.05) is 7.05 Å². The fourth-order valence-electron chi connectivity index (χ4n) is 1.25. The summed E-state index contributed by atoms with van der Waals surface area (Å²) < 4.78 is 0.980. The van der Waals surface area contributed by atoms with Crippen molar-refractivity contribution in [1.29, 1.82) is 0 Å². The molecular weight excluding hydrogens is 327 g/mol. The van der Waals surface area contributed by atoms with Crippen LogP contribution in [0.4, 0.5) is 0 Å². The van der Waals surface area contributed by atoms with Crippen molar-refractivity contribution < 1.29 is 4.79 Å². The number of hydrogen-bond acceptors (Lipinski definition) is 2. The minimum absolute atomic E-state index is 0. The van der Waals surface area contributed by atoms with Gasteiger partial charge in [-0.05, 0) is 30.7 Å². The van der Waals surface area contributed by atoms with Crippen LogP contribution in [0.3, 0.4) is 0 Å². The Balaban J connectivity index is 0.00000256. The van der Waals surface area contributed by atoms with Crippen LogP contribution < -0.4 is 10.6 Å². The molecule has 0 radical (unpaired) electrons. The zero-order chi connectivity index (χ0) is 12.1. The van der Waals surface area contributed by atoms with Crippen LogP contribution in [0.25, 0.3) is 0 Å². The van der Waals surface area contributed by atoms with Gasteiger partial charge in [0.05, 0.1) is 6.04 Å². The van der Waals surface area contributed by atoms with Crippen LogP contribution in [0.1, 0.15) is 12.5 Å². The van der Waals surface area contributed by atoms with E-state index in [9.17, 15) is 4.79 Å². The van der Waals surface area contributed by atoms with E-state index in [1.54, 1.807) is 7.05 Å². The fourth-order valence-corrected chi connectivity index (χ4v) is 1.83. The molecule has 0 aliphatic carbocycles. The van der Waals surface area contributed by atoms with Crippen molar-refractivity contribution in [3.05, 3.63) is 33.3 Å². The van der Waals surface area contributed by atoms with Gasteiger partial charge in [-0.2, -0.15) is 0 Å². The van der Waals surface area contributed by atoms with Gasteiger partial charge in [-0.15, -0.1) is 12.4 Å². The molecule has 3 nitrogen and oxygen atoms in total. The Hall–Kier alpha value is -0.290. The Morgan fingerprint density at radius 3 is 2.76 bits per heavy atom. The second-order valence-electron chi connectivity index (χ2n) is 3.45. The molecule has 0 unspecified atom stereocenters. The largest absolute Gasteiger partial charge is 0.358 e. The number of amides is 1. The van der Waals surface area contributed by atoms with Crippen LogP contribution in [0.2, 0.25) is 5.02 Å². The molecule has 0 saturated carbocycles. The van der Waals surface area contributed by atoms with Crippen molar-refractivity contribution in [3.63, 3.8) is 0 Å². The number of carbonyl (C=O) groups excluding carboxylic acids is 1. The third kappa shape index (κ3) is 5.25. The lowest BCUT2D eigenvalue weighted by Crippen LogP contribution is -2.40. The lowest BCUT2D eigenvalue weighted by atomic mass is 10.2. The van der Waals surface area contributed by atoms with Crippen LogP contribution >= 0.6 is 39.9 Å². The number of rotatable bonds is 4. The molecule has 0 aliphatic rings. The lowest BCUT2D eigenvalue weighted by Gasteiger charge is -2.13. The van der Waals surface area contributed by atoms with E-state index >= 15 is 0 Å². The predicted octanol–water partition coefficient (Wildman–Crippen LogP) is 2.75. The standard InChI is InChI=1S/C11H14BrClN2O.ClH/c1-7(11(16)14-2)15-6-8-5-9(13)3-4-10(8)12;/h3-5,7,15H,6H2,1-2H3,(H,14,16);1H/t7-;/m1./s1. The first-order chi connectivity index (χ1) is 7.54. The fraction of sp³-hybridized carbons (Fsp3) is 0.364. The molecule has 0 heterocycles. The van der Waals surface area contributed by atoms with Gasteiger partial charge in [0.2, 0.25) is 5.91 Å². The van der Waals surface area contributed by atoms with Crippen LogP contribution in [0.15, 0.2) is 22.7 Å². The first kappa shape index (κ1) is 16.7. The lowest BCUT2D eigenvalue weighted by molar-refractivity contribution is -0.122. The van der Waals surface area contributed by atoms with Gasteiger partial charge in [-0.1, -0.05) is 27.5 Å². The summed E-state index contributed by atoms with van der Waals surface area (Å²) in [6.45, 7) is 2.41. The van der Waals surface area contributed by atoms with Crippen LogP contribution in [-0.4, -0.2) is 19.0 Å². The highest BCUT2D eigenvalue weighted by Gasteiger charge is 2.10. The molecule has 96 valence electrons. The van der Waals surface area contributed by atoms with Crippen molar-refractivity contribution in [2.45, 2.75) is 19.5 Å². The maximum absolute atomic E-state index is 11.3. The molecule has 1 atom stereocenters. The van der Waals surface area contributed by atoms with Gasteiger partial charge in [0.25, 0.3) is 0 Å². The maximum atomic E-state index is 11.3. The minimum atomic E-state index is -0.226. The molecule has 17 heavy (non-hydrogen) atoms. The summed E-state index contributed by atoms with van der Waals surface area (Å²) in [6.07, 6.45) is 0. The van der Waals surface area contributed by atoms with Gasteiger partial charge in [-0.25, -0.2) is 0 Å². The molecule has 2 N–H and O–H groups in total. The summed E-state index contributed by atoms with van der Waals surface area (Å²) in [6, 6.07) is 5.35. The summed E-state index contributed by atoms with van der Waals surface area (Å²) >= 11 is 9.33. The molecule has 0 saturated heterocycles. The Morgan fingerprint density at radius 2 is 2.18 bits per heavy atom. The summed E-state index contributed by atoms with van der Waals surface area (Å²) in [5.41, 5.74) is 1.03. The number of likely N-dealkylation sites (N-methyl/N-ethyl adjacent to an activating group) is 1. The normalized spacial score (nSPS) is 11.5. The van der Waals surface area contributed by atoms with Gasteiger partial charge in [0, 0.05) is 23.1 Å². The number of halogens is 3. The molecule has 1 aromatic rings. The van der Waals surface area contributed by atoms with E-state index in [2.05, 4.69) is 26.6 Å². The highest BCUT2D eigenvalue weighted by molar-refractivity contribution is 9.10. The molecule has 0 bridgehead atoms. The second kappa shape index (κ2) is 7.93. The average Bonchev–Trinajstić information content (AvgIpc) is 2.28. The van der Waals surface area contributed by atoms with E-state index in [-0.39, 0.29) is 24.4 Å². The first-order valence-corrected chi connectivity index (χ1v) is 6.10. The van der Waals surface area contributed by atoms with Crippen molar-refractivity contribution in [1.82, 2.24) is 10.6 Å². The molecule has 0 aliphatic heterocycles. The molecule has 0 spiro atoms. The molecule has 1 amide bonds. The Kier molecular flexibility index (Phi) is 7.79. The second-order valence-corrected chi connectivity index (χ2v) is 4.74. The molecule has 1 aromatic carbocycles. The Morgan fingerprint density at radius 1 is 1.53 bits per heavy atom. The average molecular weight is 342 g/mol. The van der Waals surface area contributed by atoms with Crippen molar-refractivity contribution in [2.24, 2.45) is 0 Å². The third-order valence-electron chi connectivity index (χ3n) is 2.25. The van der Waals surface area contributed by atoms with E-state index in [1.165, 1.54) is 0 Å². The van der Waals surface area contributed by atoms with E-state index in [0.717, 1.165) is 10.0 Å².